The lowest BCUT2D eigenvalue weighted by molar-refractivity contribution is 0.511. The van der Waals surface area contributed by atoms with Crippen LogP contribution in [-0.4, -0.2) is 33.8 Å². The van der Waals surface area contributed by atoms with Crippen molar-refractivity contribution in [3.8, 4) is 0 Å². The van der Waals surface area contributed by atoms with E-state index in [0.29, 0.717) is 6.54 Å². The van der Waals surface area contributed by atoms with Crippen LogP contribution in [0.25, 0.3) is 0 Å². The standard InChI is InChI=1S/C16H26N6O/c1-3-5-8-17-16(19-12-14-7-6-11-23-14)18-9-10-22-13-20-21-15(22)4-2/h6-7,11,13H,3-5,8-10,12H2,1-2H3,(H2,17,18,19). The molecule has 2 aromatic heterocycles. The Morgan fingerprint density at radius 3 is 2.91 bits per heavy atom. The summed E-state index contributed by atoms with van der Waals surface area (Å²) in [4.78, 5) is 4.56. The van der Waals surface area contributed by atoms with Gasteiger partial charge >= 0.3 is 0 Å². The van der Waals surface area contributed by atoms with E-state index in [4.69, 9.17) is 4.42 Å². The smallest absolute Gasteiger partial charge is 0.191 e. The fourth-order valence-corrected chi connectivity index (χ4v) is 2.15. The van der Waals surface area contributed by atoms with Crippen molar-refractivity contribution in [3.05, 3.63) is 36.3 Å². The molecule has 2 N–H and O–H groups in total. The largest absolute Gasteiger partial charge is 0.467 e. The number of hydrogen-bond acceptors (Lipinski definition) is 4. The second-order valence-corrected chi connectivity index (χ2v) is 5.25. The van der Waals surface area contributed by atoms with Crippen LogP contribution in [0.1, 0.15) is 38.3 Å². The van der Waals surface area contributed by atoms with E-state index < -0.39 is 0 Å². The van der Waals surface area contributed by atoms with E-state index in [0.717, 1.165) is 56.4 Å². The summed E-state index contributed by atoms with van der Waals surface area (Å²) in [6.07, 6.45) is 6.59. The fraction of sp³-hybridized carbons (Fsp3) is 0.562. The van der Waals surface area contributed by atoms with Gasteiger partial charge in [-0.25, -0.2) is 4.99 Å². The van der Waals surface area contributed by atoms with Crippen LogP contribution in [0.3, 0.4) is 0 Å². The summed E-state index contributed by atoms with van der Waals surface area (Å²) in [5, 5.41) is 14.7. The molecule has 0 saturated heterocycles. The van der Waals surface area contributed by atoms with Crippen LogP contribution in [0.15, 0.2) is 34.1 Å². The molecule has 0 aromatic carbocycles. The molecule has 0 spiro atoms. The van der Waals surface area contributed by atoms with Gasteiger partial charge in [0.2, 0.25) is 0 Å². The van der Waals surface area contributed by atoms with Crippen molar-refractivity contribution in [1.82, 2.24) is 25.4 Å². The number of hydrogen-bond donors (Lipinski definition) is 2. The second-order valence-electron chi connectivity index (χ2n) is 5.25. The molecule has 0 saturated carbocycles. The normalized spacial score (nSPS) is 11.7. The minimum Gasteiger partial charge on any atom is -0.467 e. The van der Waals surface area contributed by atoms with Gasteiger partial charge in [-0.1, -0.05) is 20.3 Å². The molecule has 2 heterocycles. The van der Waals surface area contributed by atoms with E-state index in [1.54, 1.807) is 12.6 Å². The first-order valence-electron chi connectivity index (χ1n) is 8.24. The van der Waals surface area contributed by atoms with Crippen molar-refractivity contribution in [2.24, 2.45) is 4.99 Å². The fourth-order valence-electron chi connectivity index (χ4n) is 2.15. The summed E-state index contributed by atoms with van der Waals surface area (Å²) in [6.45, 7) is 7.27. The Hall–Kier alpha value is -2.31. The van der Waals surface area contributed by atoms with Crippen molar-refractivity contribution in [1.29, 1.82) is 0 Å². The zero-order valence-corrected chi connectivity index (χ0v) is 14.0. The molecule has 0 radical (unpaired) electrons. The molecule has 7 heteroatoms. The molecule has 0 unspecified atom stereocenters. The third-order valence-electron chi connectivity index (χ3n) is 3.45. The van der Waals surface area contributed by atoms with Gasteiger partial charge in [0.15, 0.2) is 5.96 Å². The van der Waals surface area contributed by atoms with Gasteiger partial charge in [-0.05, 0) is 18.6 Å². The molecule has 0 aliphatic rings. The average molecular weight is 318 g/mol. The molecule has 23 heavy (non-hydrogen) atoms. The summed E-state index contributed by atoms with van der Waals surface area (Å²) in [7, 11) is 0. The SMILES string of the molecule is CCCCNC(=NCc1ccco1)NCCn1cnnc1CC. The molecule has 126 valence electrons. The molecule has 0 amide bonds. The lowest BCUT2D eigenvalue weighted by atomic mass is 10.3. The van der Waals surface area contributed by atoms with Gasteiger partial charge in [0.25, 0.3) is 0 Å². The zero-order valence-electron chi connectivity index (χ0n) is 14.0. The van der Waals surface area contributed by atoms with Crippen LogP contribution in [0.2, 0.25) is 0 Å². The van der Waals surface area contributed by atoms with Crippen LogP contribution in [-0.2, 0) is 19.5 Å². The predicted octanol–water partition coefficient (Wildman–Crippen LogP) is 1.97. The highest BCUT2D eigenvalue weighted by molar-refractivity contribution is 5.79. The third kappa shape index (κ3) is 5.77. The molecule has 7 nitrogen and oxygen atoms in total. The van der Waals surface area contributed by atoms with E-state index in [2.05, 4.69) is 44.2 Å². The lowest BCUT2D eigenvalue weighted by Gasteiger charge is -2.13. The molecule has 0 aliphatic carbocycles. The number of furan rings is 1. The highest BCUT2D eigenvalue weighted by Crippen LogP contribution is 2.01. The number of nitrogens with one attached hydrogen (secondary N) is 2. The topological polar surface area (TPSA) is 80.3 Å². The van der Waals surface area contributed by atoms with E-state index in [-0.39, 0.29) is 0 Å². The van der Waals surface area contributed by atoms with Crippen molar-refractivity contribution < 1.29 is 4.42 Å². The molecular formula is C16H26N6O. The number of rotatable bonds is 9. The molecular weight excluding hydrogens is 292 g/mol. The molecule has 0 fully saturated rings. The maximum Gasteiger partial charge on any atom is 0.191 e. The second kappa shape index (κ2) is 9.66. The van der Waals surface area contributed by atoms with Crippen LogP contribution < -0.4 is 10.6 Å². The monoisotopic (exact) mass is 318 g/mol. The number of aryl methyl sites for hydroxylation is 1. The molecule has 2 aromatic rings. The van der Waals surface area contributed by atoms with Crippen molar-refractivity contribution in [3.63, 3.8) is 0 Å². The van der Waals surface area contributed by atoms with Gasteiger partial charge in [0.05, 0.1) is 6.26 Å². The highest BCUT2D eigenvalue weighted by Gasteiger charge is 2.03. The third-order valence-corrected chi connectivity index (χ3v) is 3.45. The van der Waals surface area contributed by atoms with E-state index >= 15 is 0 Å². The zero-order chi connectivity index (χ0) is 16.3. The van der Waals surface area contributed by atoms with Gasteiger partial charge in [0.1, 0.15) is 24.5 Å². The Morgan fingerprint density at radius 2 is 2.17 bits per heavy atom. The first-order valence-corrected chi connectivity index (χ1v) is 8.24. The number of unbranched alkanes of at least 4 members (excludes halogenated alkanes) is 1. The van der Waals surface area contributed by atoms with Crippen LogP contribution >= 0.6 is 0 Å². The van der Waals surface area contributed by atoms with Crippen LogP contribution in [0, 0.1) is 0 Å². The Bertz CT molecular complexity index is 575. The molecule has 0 atom stereocenters. The maximum atomic E-state index is 5.32. The molecule has 0 aliphatic heterocycles. The quantitative estimate of drug-likeness (QED) is 0.420. The Kier molecular flexibility index (Phi) is 7.16. The van der Waals surface area contributed by atoms with E-state index in [9.17, 15) is 0 Å². The van der Waals surface area contributed by atoms with Crippen LogP contribution in [0.4, 0.5) is 0 Å². The number of guanidine groups is 1. The Balaban J connectivity index is 1.84. The highest BCUT2D eigenvalue weighted by atomic mass is 16.3. The van der Waals surface area contributed by atoms with Gasteiger partial charge in [0, 0.05) is 26.1 Å². The molecule has 2 rings (SSSR count). The van der Waals surface area contributed by atoms with Gasteiger partial charge in [-0.2, -0.15) is 0 Å². The van der Waals surface area contributed by atoms with Crippen molar-refractivity contribution >= 4 is 5.96 Å². The Labute approximate surface area is 137 Å². The number of aromatic nitrogens is 3. The summed E-state index contributed by atoms with van der Waals surface area (Å²) < 4.78 is 7.38. The minimum atomic E-state index is 0.529. The van der Waals surface area contributed by atoms with Crippen molar-refractivity contribution in [2.75, 3.05) is 13.1 Å². The van der Waals surface area contributed by atoms with Gasteiger partial charge in [-0.15, -0.1) is 10.2 Å². The summed E-state index contributed by atoms with van der Waals surface area (Å²) in [6, 6.07) is 3.80. The van der Waals surface area contributed by atoms with Gasteiger partial charge in [-0.3, -0.25) is 0 Å². The molecule has 0 bridgehead atoms. The van der Waals surface area contributed by atoms with E-state index in [1.807, 2.05) is 12.1 Å². The van der Waals surface area contributed by atoms with Crippen LogP contribution in [0.5, 0.6) is 0 Å². The summed E-state index contributed by atoms with van der Waals surface area (Å²) in [5.41, 5.74) is 0. The Morgan fingerprint density at radius 1 is 1.30 bits per heavy atom. The summed E-state index contributed by atoms with van der Waals surface area (Å²) >= 11 is 0. The number of nitrogens with zero attached hydrogens (tertiary/aromatic N) is 4. The lowest BCUT2D eigenvalue weighted by Crippen LogP contribution is -2.39. The first kappa shape index (κ1) is 17.1. The van der Waals surface area contributed by atoms with Crippen molar-refractivity contribution in [2.45, 2.75) is 46.2 Å². The minimum absolute atomic E-state index is 0.529. The summed E-state index contributed by atoms with van der Waals surface area (Å²) in [5.74, 6) is 2.66. The predicted molar refractivity (Wildman–Crippen MR) is 90.2 cm³/mol. The maximum absolute atomic E-state index is 5.32. The number of aliphatic imine (C=N–C) groups is 1. The average Bonchev–Trinajstić information content (AvgIpc) is 3.23. The van der Waals surface area contributed by atoms with Gasteiger partial charge < -0.3 is 19.6 Å². The first-order chi connectivity index (χ1) is 11.3. The van der Waals surface area contributed by atoms with E-state index in [1.165, 1.54) is 0 Å².